The van der Waals surface area contributed by atoms with E-state index < -0.39 is 11.2 Å². The Morgan fingerprint density at radius 3 is 1.67 bits per heavy atom. The fourth-order valence-corrected chi connectivity index (χ4v) is 9.05. The third-order valence-corrected chi connectivity index (χ3v) is 11.3. The first-order chi connectivity index (χ1) is 21.7. The van der Waals surface area contributed by atoms with Gasteiger partial charge >= 0.3 is 41.5 Å². The van der Waals surface area contributed by atoms with Crippen molar-refractivity contribution in [2.24, 2.45) is 34.5 Å². The zero-order valence-corrected chi connectivity index (χ0v) is 34.0. The fourth-order valence-electron chi connectivity index (χ4n) is 8.33. The van der Waals surface area contributed by atoms with Crippen molar-refractivity contribution in [3.63, 3.8) is 0 Å². The summed E-state index contributed by atoms with van der Waals surface area (Å²) >= 11 is 5.57. The van der Waals surface area contributed by atoms with E-state index >= 15 is 0 Å². The molecule has 46 heavy (non-hydrogen) atoms. The van der Waals surface area contributed by atoms with Gasteiger partial charge in [-0.05, 0) is 92.2 Å². The Bertz CT molecular complexity index is 1420. The number of hydrogen-bond donors (Lipinski definition) is 1. The van der Waals surface area contributed by atoms with Gasteiger partial charge in [0, 0.05) is 42.7 Å². The molecular formula is C36H46Br2Cl3FeO4. The van der Waals surface area contributed by atoms with Gasteiger partial charge in [0.2, 0.25) is 0 Å². The average Bonchev–Trinajstić information content (AvgIpc) is 3.42. The quantitative estimate of drug-likeness (QED) is 0.305. The Hall–Kier alpha value is -0.241. The number of halogens is 5. The number of carbonyl (C=O) groups excluding carboxylic acids is 3. The van der Waals surface area contributed by atoms with Crippen LogP contribution in [-0.4, -0.2) is 28.6 Å². The molecule has 0 heterocycles. The van der Waals surface area contributed by atoms with Gasteiger partial charge in [0.25, 0.3) is 0 Å². The molecule has 2 fully saturated rings. The molecule has 4 nitrogen and oxygen atoms in total. The summed E-state index contributed by atoms with van der Waals surface area (Å²) in [5.74, 6) is 1.42. The molecule has 2 saturated carbocycles. The third kappa shape index (κ3) is 8.73. The number of rotatable bonds is 2. The molecular weight excluding hydrogens is 818 g/mol. The number of ketones is 3. The van der Waals surface area contributed by atoms with Crippen LogP contribution in [0.25, 0.3) is 0 Å². The summed E-state index contributed by atoms with van der Waals surface area (Å²) in [4.78, 5) is 38.1. The Morgan fingerprint density at radius 1 is 0.783 bits per heavy atom. The number of Topliss-reactive ketones (excluding diaryl/α,β-unsaturated/α-hetero) is 3. The molecule has 6 rings (SSSR count). The van der Waals surface area contributed by atoms with Crippen LogP contribution in [0.2, 0.25) is 0 Å². The third-order valence-electron chi connectivity index (χ3n) is 10.3. The summed E-state index contributed by atoms with van der Waals surface area (Å²) in [6.07, 6.45) is 6.29. The summed E-state index contributed by atoms with van der Waals surface area (Å²) in [6, 6.07) is 12.0. The van der Waals surface area contributed by atoms with Crippen LogP contribution in [0, 0.1) is 34.5 Å². The van der Waals surface area contributed by atoms with E-state index in [0.717, 1.165) is 70.6 Å². The Labute approximate surface area is 308 Å². The number of benzene rings is 2. The van der Waals surface area contributed by atoms with E-state index in [4.69, 9.17) is 30.3 Å². The summed E-state index contributed by atoms with van der Waals surface area (Å²) in [5.41, 5.74) is 3.49. The minimum atomic E-state index is -1.33. The van der Waals surface area contributed by atoms with E-state index in [-0.39, 0.29) is 46.4 Å². The van der Waals surface area contributed by atoms with Crippen LogP contribution in [0.4, 0.5) is 0 Å². The maximum atomic E-state index is 12.9. The molecule has 2 aromatic carbocycles. The number of hydrogen-bond acceptors (Lipinski definition) is 4. The van der Waals surface area contributed by atoms with E-state index in [1.807, 2.05) is 51.1 Å². The molecule has 0 amide bonds. The van der Waals surface area contributed by atoms with Crippen molar-refractivity contribution in [2.45, 2.75) is 99.0 Å². The second-order valence-corrected chi connectivity index (χ2v) is 20.5. The summed E-state index contributed by atoms with van der Waals surface area (Å²) in [6.45, 7) is 12.2. The van der Waals surface area contributed by atoms with Gasteiger partial charge in [-0.15, -0.1) is 0 Å². The van der Waals surface area contributed by atoms with Crippen LogP contribution < -0.4 is 0 Å². The second-order valence-electron chi connectivity index (χ2n) is 13.2. The SMILES string of the molecule is CC.CC[C@@H]1C[C@@]2(Cc3ccc(Br)cc3C2=O)C[C@H](C)C1=O.CC[C@@H]1C[C@@]2(Cc3ccc(Br)cc3C2=O)C[C@H](C)[C@H]1O.[Cl][Fe]([Cl])[Cl]. The Kier molecular flexibility index (Phi) is 15.0. The van der Waals surface area contributed by atoms with Gasteiger partial charge in [0.1, 0.15) is 5.78 Å². The van der Waals surface area contributed by atoms with Crippen molar-refractivity contribution >= 4 is 79.5 Å². The summed E-state index contributed by atoms with van der Waals surface area (Å²) in [5, 5.41) is 10.3. The number of carbonyl (C=O) groups is 3. The van der Waals surface area contributed by atoms with Crippen LogP contribution >= 0.6 is 62.2 Å². The predicted molar refractivity (Wildman–Crippen MR) is 193 cm³/mol. The number of aliphatic hydroxyl groups excluding tert-OH is 1. The minimum absolute atomic E-state index is 0.00963. The molecule has 4 aliphatic carbocycles. The normalized spacial score (nSPS) is 31.2. The van der Waals surface area contributed by atoms with Crippen molar-refractivity contribution in [3.05, 3.63) is 67.6 Å². The Balaban J connectivity index is 0.000000214. The van der Waals surface area contributed by atoms with Gasteiger partial charge in [0.05, 0.1) is 6.10 Å². The zero-order chi connectivity index (χ0) is 34.6. The van der Waals surface area contributed by atoms with Gasteiger partial charge in [0.15, 0.2) is 11.6 Å². The van der Waals surface area contributed by atoms with Gasteiger partial charge in [-0.3, -0.25) is 14.4 Å². The van der Waals surface area contributed by atoms with Gasteiger partial charge in [-0.2, -0.15) is 0 Å². The van der Waals surface area contributed by atoms with Crippen molar-refractivity contribution in [1.82, 2.24) is 0 Å². The predicted octanol–water partition coefficient (Wildman–Crippen LogP) is 11.3. The molecule has 10 heteroatoms. The van der Waals surface area contributed by atoms with E-state index in [9.17, 15) is 19.5 Å². The molecule has 2 aromatic rings. The number of fused-ring (bicyclic) bond motifs is 2. The maximum absolute atomic E-state index is 12.9. The Morgan fingerprint density at radius 2 is 1.24 bits per heavy atom. The van der Waals surface area contributed by atoms with Crippen LogP contribution in [0.15, 0.2) is 45.3 Å². The first-order valence-corrected chi connectivity index (χ1v) is 22.4. The first-order valence-electron chi connectivity index (χ1n) is 16.2. The van der Waals surface area contributed by atoms with E-state index in [2.05, 4.69) is 58.7 Å². The molecule has 1 N–H and O–H groups in total. The first kappa shape index (κ1) is 40.2. The molecule has 0 unspecified atom stereocenters. The van der Waals surface area contributed by atoms with E-state index in [1.165, 1.54) is 5.56 Å². The topological polar surface area (TPSA) is 71.4 Å². The van der Waals surface area contributed by atoms with Gasteiger partial charge in [-0.1, -0.05) is 92.0 Å². The molecule has 0 aromatic heterocycles. The summed E-state index contributed by atoms with van der Waals surface area (Å²) < 4.78 is 1.92. The number of aliphatic hydroxyl groups is 1. The van der Waals surface area contributed by atoms with Crippen LogP contribution in [0.5, 0.6) is 0 Å². The van der Waals surface area contributed by atoms with Crippen LogP contribution in [0.1, 0.15) is 112 Å². The molecule has 0 aliphatic heterocycles. The van der Waals surface area contributed by atoms with Crippen molar-refractivity contribution in [3.8, 4) is 0 Å². The molecule has 0 bridgehead atoms. The van der Waals surface area contributed by atoms with Crippen LogP contribution in [0.3, 0.4) is 0 Å². The van der Waals surface area contributed by atoms with Gasteiger partial charge < -0.3 is 5.11 Å². The molecule has 0 saturated heterocycles. The van der Waals surface area contributed by atoms with Crippen molar-refractivity contribution in [1.29, 1.82) is 0 Å². The summed E-state index contributed by atoms with van der Waals surface area (Å²) in [7, 11) is 14.7. The average molecular weight is 865 g/mol. The van der Waals surface area contributed by atoms with Crippen molar-refractivity contribution in [2.75, 3.05) is 0 Å². The standard InChI is InChI=1S/C17H21BrO2.C17H19BrO2.C2H6.3ClH.Fe/c2*1-3-11-8-17(7-10(2)15(11)19)9-12-4-5-13(18)6-14(12)16(17)20;1-2;;;;/h4-6,10-11,15,19H,3,7-9H2,1-2H3;4-6,10-11H,3,7-9H2,1-2H3;1-2H3;3*1H;/q;;;;;;+3/p-3/t10-,11+,15+,17+;10-,11+,17+;;;;;/m00...../s1. The molecule has 4 aliphatic rings. The van der Waals surface area contributed by atoms with E-state index in [1.54, 1.807) is 0 Å². The van der Waals surface area contributed by atoms with E-state index in [0.29, 0.717) is 18.0 Å². The molecule has 7 atom stereocenters. The molecule has 257 valence electrons. The zero-order valence-electron chi connectivity index (χ0n) is 27.4. The van der Waals surface area contributed by atoms with Crippen molar-refractivity contribution < 1.29 is 30.7 Å². The fraction of sp³-hybridized carbons (Fsp3) is 0.583. The molecule has 0 radical (unpaired) electrons. The van der Waals surface area contributed by atoms with Gasteiger partial charge in [-0.25, -0.2) is 0 Å². The molecule has 2 spiro atoms. The second kappa shape index (κ2) is 17.1. The monoisotopic (exact) mass is 861 g/mol. The van der Waals surface area contributed by atoms with Crippen LogP contribution in [-0.2, 0) is 28.8 Å².